The summed E-state index contributed by atoms with van der Waals surface area (Å²) in [7, 11) is 0. The fraction of sp³-hybridized carbons (Fsp3) is 0.250. The molecule has 0 amide bonds. The highest BCUT2D eigenvalue weighted by Gasteiger charge is 2.10. The third-order valence-corrected chi connectivity index (χ3v) is 3.24. The number of hydrogen-bond donors (Lipinski definition) is 1. The predicted octanol–water partition coefficient (Wildman–Crippen LogP) is 4.31. The molecule has 2 heteroatoms. The fourth-order valence-corrected chi connectivity index (χ4v) is 2.62. The molecule has 0 saturated carbocycles. The van der Waals surface area contributed by atoms with Crippen LogP contribution in [-0.2, 0) is 0 Å². The van der Waals surface area contributed by atoms with Gasteiger partial charge in [0.25, 0.3) is 0 Å². The minimum Gasteiger partial charge on any atom is -0.320 e. The van der Waals surface area contributed by atoms with E-state index in [-0.39, 0.29) is 6.04 Å². The van der Waals surface area contributed by atoms with Gasteiger partial charge in [0.05, 0.1) is 6.04 Å². The largest absolute Gasteiger partial charge is 0.320 e. The lowest BCUT2D eigenvalue weighted by Gasteiger charge is -2.15. The molecule has 0 bridgehead atoms. The first-order chi connectivity index (χ1) is 8.45. The van der Waals surface area contributed by atoms with Crippen LogP contribution in [-0.4, -0.2) is 0 Å². The second-order valence-electron chi connectivity index (χ2n) is 4.96. The molecule has 2 N–H and O–H groups in total. The molecule has 0 spiro atoms. The van der Waals surface area contributed by atoms with Crippen molar-refractivity contribution in [1.82, 2.24) is 0 Å². The smallest absolute Gasteiger partial charge is 0.0552 e. The zero-order valence-electron chi connectivity index (χ0n) is 11.0. The Bertz CT molecular complexity index is 483. The third-order valence-electron chi connectivity index (χ3n) is 3.03. The number of rotatable bonds is 2. The van der Waals surface area contributed by atoms with Crippen LogP contribution in [0, 0.1) is 20.8 Å². The van der Waals surface area contributed by atoms with E-state index in [9.17, 15) is 0 Å². The van der Waals surface area contributed by atoms with Gasteiger partial charge in [0.15, 0.2) is 0 Å². The Kier molecular flexibility index (Phi) is 3.74. The molecule has 1 nitrogen and oxygen atoms in total. The maximum atomic E-state index is 6.33. The number of hydrogen-bond acceptors (Lipinski definition) is 1. The van der Waals surface area contributed by atoms with Gasteiger partial charge >= 0.3 is 0 Å². The molecule has 94 valence electrons. The molecule has 2 rings (SSSR count). The van der Waals surface area contributed by atoms with Crippen LogP contribution in [0.2, 0.25) is 5.02 Å². The molecular formula is C16H18ClN. The zero-order chi connectivity index (χ0) is 13.3. The minimum absolute atomic E-state index is 0.124. The Labute approximate surface area is 114 Å². The van der Waals surface area contributed by atoms with Gasteiger partial charge in [-0.3, -0.25) is 0 Å². The average Bonchev–Trinajstić information content (AvgIpc) is 2.25. The normalized spacial score (nSPS) is 12.5. The van der Waals surface area contributed by atoms with Gasteiger partial charge in [0.2, 0.25) is 0 Å². The number of aryl methyl sites for hydroxylation is 3. The van der Waals surface area contributed by atoms with E-state index in [2.05, 4.69) is 38.1 Å². The average molecular weight is 260 g/mol. The Morgan fingerprint density at radius 1 is 0.778 bits per heavy atom. The van der Waals surface area contributed by atoms with E-state index in [0.29, 0.717) is 0 Å². The van der Waals surface area contributed by atoms with Crippen molar-refractivity contribution in [1.29, 1.82) is 0 Å². The summed E-state index contributed by atoms with van der Waals surface area (Å²) in [5.41, 5.74) is 12.1. The van der Waals surface area contributed by atoms with E-state index in [0.717, 1.165) is 21.7 Å². The molecule has 0 saturated heterocycles. The molecule has 1 unspecified atom stereocenters. The molecule has 0 aromatic heterocycles. The highest BCUT2D eigenvalue weighted by Crippen LogP contribution is 2.25. The van der Waals surface area contributed by atoms with E-state index >= 15 is 0 Å². The molecule has 2 aromatic carbocycles. The van der Waals surface area contributed by atoms with Crippen LogP contribution in [0.25, 0.3) is 0 Å². The topological polar surface area (TPSA) is 26.0 Å². The van der Waals surface area contributed by atoms with Gasteiger partial charge in [0.1, 0.15) is 0 Å². The zero-order valence-corrected chi connectivity index (χ0v) is 11.8. The molecule has 0 fully saturated rings. The molecule has 0 aliphatic heterocycles. The highest BCUT2D eigenvalue weighted by molar-refractivity contribution is 6.30. The lowest BCUT2D eigenvalue weighted by Crippen LogP contribution is -2.12. The van der Waals surface area contributed by atoms with Gasteiger partial charge in [-0.1, -0.05) is 47.0 Å². The van der Waals surface area contributed by atoms with Crippen molar-refractivity contribution < 1.29 is 0 Å². The summed E-state index contributed by atoms with van der Waals surface area (Å²) >= 11 is 6.09. The summed E-state index contributed by atoms with van der Waals surface area (Å²) in [6.07, 6.45) is 0. The molecular weight excluding hydrogens is 242 g/mol. The van der Waals surface area contributed by atoms with Gasteiger partial charge in [-0.2, -0.15) is 0 Å². The van der Waals surface area contributed by atoms with E-state index in [1.807, 2.05) is 19.1 Å². The Hall–Kier alpha value is -1.31. The summed E-state index contributed by atoms with van der Waals surface area (Å²) in [5.74, 6) is 0. The maximum Gasteiger partial charge on any atom is 0.0552 e. The van der Waals surface area contributed by atoms with Crippen molar-refractivity contribution in [3.63, 3.8) is 0 Å². The number of benzene rings is 2. The van der Waals surface area contributed by atoms with Crippen LogP contribution in [0.3, 0.4) is 0 Å². The quantitative estimate of drug-likeness (QED) is 0.854. The maximum absolute atomic E-state index is 6.33. The first-order valence-corrected chi connectivity index (χ1v) is 6.44. The summed E-state index contributed by atoms with van der Waals surface area (Å²) in [5, 5.41) is 0.741. The van der Waals surface area contributed by atoms with Crippen LogP contribution in [0.4, 0.5) is 0 Å². The molecule has 2 aromatic rings. The third kappa shape index (κ3) is 2.92. The van der Waals surface area contributed by atoms with E-state index in [1.165, 1.54) is 11.1 Å². The second-order valence-corrected chi connectivity index (χ2v) is 5.40. The van der Waals surface area contributed by atoms with Crippen molar-refractivity contribution in [2.75, 3.05) is 0 Å². The van der Waals surface area contributed by atoms with Crippen molar-refractivity contribution in [2.45, 2.75) is 26.8 Å². The Morgan fingerprint density at radius 2 is 1.22 bits per heavy atom. The van der Waals surface area contributed by atoms with Crippen LogP contribution >= 0.6 is 11.6 Å². The highest BCUT2D eigenvalue weighted by atomic mass is 35.5. The Balaban J connectivity index is 2.43. The molecule has 0 radical (unpaired) electrons. The monoisotopic (exact) mass is 259 g/mol. The lowest BCUT2D eigenvalue weighted by atomic mass is 9.95. The van der Waals surface area contributed by atoms with E-state index in [1.54, 1.807) is 0 Å². The standard InChI is InChI=1S/C16H18ClN/c1-10-4-11(2)6-13(5-10)16(18)14-7-12(3)8-15(17)9-14/h4-9,16H,18H2,1-3H3. The first-order valence-electron chi connectivity index (χ1n) is 6.06. The van der Waals surface area contributed by atoms with Crippen molar-refractivity contribution in [2.24, 2.45) is 5.73 Å². The van der Waals surface area contributed by atoms with Crippen LogP contribution in [0.15, 0.2) is 36.4 Å². The van der Waals surface area contributed by atoms with Gasteiger partial charge in [-0.05, 0) is 49.6 Å². The van der Waals surface area contributed by atoms with E-state index in [4.69, 9.17) is 17.3 Å². The number of halogens is 1. The minimum atomic E-state index is -0.124. The fourth-order valence-electron chi connectivity index (χ4n) is 2.33. The van der Waals surface area contributed by atoms with Gasteiger partial charge in [0, 0.05) is 5.02 Å². The second kappa shape index (κ2) is 5.13. The van der Waals surface area contributed by atoms with Gasteiger partial charge in [-0.15, -0.1) is 0 Å². The Morgan fingerprint density at radius 3 is 1.72 bits per heavy atom. The van der Waals surface area contributed by atoms with Crippen molar-refractivity contribution in [3.8, 4) is 0 Å². The van der Waals surface area contributed by atoms with Gasteiger partial charge in [-0.25, -0.2) is 0 Å². The molecule has 0 aliphatic rings. The lowest BCUT2D eigenvalue weighted by molar-refractivity contribution is 0.866. The number of nitrogens with two attached hydrogens (primary N) is 1. The van der Waals surface area contributed by atoms with Crippen LogP contribution in [0.1, 0.15) is 33.9 Å². The molecule has 0 heterocycles. The van der Waals surface area contributed by atoms with Crippen LogP contribution in [0.5, 0.6) is 0 Å². The molecule has 18 heavy (non-hydrogen) atoms. The molecule has 1 atom stereocenters. The first kappa shape index (κ1) is 13.1. The summed E-state index contributed by atoms with van der Waals surface area (Å²) in [6.45, 7) is 6.21. The van der Waals surface area contributed by atoms with Crippen molar-refractivity contribution >= 4 is 11.6 Å². The van der Waals surface area contributed by atoms with Gasteiger partial charge < -0.3 is 5.73 Å². The summed E-state index contributed by atoms with van der Waals surface area (Å²) < 4.78 is 0. The summed E-state index contributed by atoms with van der Waals surface area (Å²) in [4.78, 5) is 0. The predicted molar refractivity (Wildman–Crippen MR) is 78.1 cm³/mol. The summed E-state index contributed by atoms with van der Waals surface area (Å²) in [6, 6.07) is 12.3. The van der Waals surface area contributed by atoms with Crippen molar-refractivity contribution in [3.05, 3.63) is 69.2 Å². The SMILES string of the molecule is Cc1cc(C)cc(C(N)c2cc(C)cc(Cl)c2)c1. The van der Waals surface area contributed by atoms with E-state index < -0.39 is 0 Å². The van der Waals surface area contributed by atoms with Crippen LogP contribution < -0.4 is 5.73 Å². The molecule has 0 aliphatic carbocycles.